The summed E-state index contributed by atoms with van der Waals surface area (Å²) in [4.78, 5) is 24.4. The molecule has 0 spiro atoms. The SMILES string of the molecule is Cc1ccc(C(=O)NCCCCN)cc1NC(=O)c1ccccc1F.Cl. The molecule has 0 saturated carbocycles. The molecule has 7 heteroatoms. The molecule has 0 aliphatic rings. The van der Waals surface area contributed by atoms with Crippen molar-refractivity contribution in [3.8, 4) is 0 Å². The molecule has 0 unspecified atom stereocenters. The average Bonchev–Trinajstić information content (AvgIpc) is 2.60. The van der Waals surface area contributed by atoms with Gasteiger partial charge in [-0.1, -0.05) is 18.2 Å². The zero-order valence-electron chi connectivity index (χ0n) is 14.5. The van der Waals surface area contributed by atoms with E-state index in [1.54, 1.807) is 31.2 Å². The van der Waals surface area contributed by atoms with Crippen LogP contribution in [-0.2, 0) is 0 Å². The predicted octanol–water partition coefficient (Wildman–Crippen LogP) is 3.28. The van der Waals surface area contributed by atoms with Gasteiger partial charge >= 0.3 is 0 Å². The smallest absolute Gasteiger partial charge is 0.258 e. The van der Waals surface area contributed by atoms with Gasteiger partial charge in [0.1, 0.15) is 5.82 Å². The Kier molecular flexibility index (Phi) is 8.75. The van der Waals surface area contributed by atoms with Crippen LogP contribution in [0.5, 0.6) is 0 Å². The number of carbonyl (C=O) groups excluding carboxylic acids is 2. The number of nitrogens with one attached hydrogen (secondary N) is 2. The van der Waals surface area contributed by atoms with E-state index in [1.165, 1.54) is 18.2 Å². The summed E-state index contributed by atoms with van der Waals surface area (Å²) in [5, 5.41) is 5.47. The van der Waals surface area contributed by atoms with Crippen LogP contribution in [0.1, 0.15) is 39.1 Å². The summed E-state index contributed by atoms with van der Waals surface area (Å²) in [5.41, 5.74) is 7.06. The molecule has 140 valence electrons. The van der Waals surface area contributed by atoms with Gasteiger partial charge in [-0.15, -0.1) is 12.4 Å². The van der Waals surface area contributed by atoms with Crippen LogP contribution < -0.4 is 16.4 Å². The number of anilines is 1. The minimum absolute atomic E-state index is 0. The Hall–Kier alpha value is -2.44. The summed E-state index contributed by atoms with van der Waals surface area (Å²) in [7, 11) is 0. The lowest BCUT2D eigenvalue weighted by Crippen LogP contribution is -2.25. The summed E-state index contributed by atoms with van der Waals surface area (Å²) in [5.74, 6) is -1.37. The van der Waals surface area contributed by atoms with E-state index in [-0.39, 0.29) is 23.9 Å². The van der Waals surface area contributed by atoms with Gasteiger partial charge in [0.25, 0.3) is 11.8 Å². The molecule has 0 fully saturated rings. The number of amides is 2. The van der Waals surface area contributed by atoms with E-state index in [0.29, 0.717) is 24.3 Å². The molecule has 0 radical (unpaired) electrons. The molecule has 4 N–H and O–H groups in total. The summed E-state index contributed by atoms with van der Waals surface area (Å²) < 4.78 is 13.7. The number of nitrogens with two attached hydrogens (primary N) is 1. The van der Waals surface area contributed by atoms with Crippen molar-refractivity contribution in [2.24, 2.45) is 5.73 Å². The molecule has 2 aromatic rings. The largest absolute Gasteiger partial charge is 0.352 e. The highest BCUT2D eigenvalue weighted by atomic mass is 35.5. The highest BCUT2D eigenvalue weighted by Crippen LogP contribution is 2.19. The van der Waals surface area contributed by atoms with Crippen LogP contribution in [0.25, 0.3) is 0 Å². The Labute approximate surface area is 158 Å². The molecule has 5 nitrogen and oxygen atoms in total. The number of unbranched alkanes of at least 4 members (excludes halogenated alkanes) is 1. The number of halogens is 2. The summed E-state index contributed by atoms with van der Waals surface area (Å²) in [6.45, 7) is 2.94. The number of benzene rings is 2. The van der Waals surface area contributed by atoms with Gasteiger partial charge in [-0.25, -0.2) is 4.39 Å². The fourth-order valence-electron chi connectivity index (χ4n) is 2.31. The second kappa shape index (κ2) is 10.5. The number of carbonyl (C=O) groups is 2. The lowest BCUT2D eigenvalue weighted by Gasteiger charge is -2.11. The van der Waals surface area contributed by atoms with Gasteiger partial charge in [-0.3, -0.25) is 9.59 Å². The first-order valence-electron chi connectivity index (χ1n) is 8.17. The predicted molar refractivity (Wildman–Crippen MR) is 103 cm³/mol. The molecule has 0 atom stereocenters. The molecule has 2 aromatic carbocycles. The van der Waals surface area contributed by atoms with E-state index in [2.05, 4.69) is 10.6 Å². The first-order valence-corrected chi connectivity index (χ1v) is 8.17. The third kappa shape index (κ3) is 5.82. The molecule has 2 amide bonds. The van der Waals surface area contributed by atoms with Crippen LogP contribution in [0.4, 0.5) is 10.1 Å². The molecular weight excluding hydrogens is 357 g/mol. The molecular formula is C19H23ClFN3O2. The van der Waals surface area contributed by atoms with Crippen LogP contribution in [0.3, 0.4) is 0 Å². The first-order chi connectivity index (χ1) is 12.0. The van der Waals surface area contributed by atoms with Gasteiger partial charge in [0.05, 0.1) is 5.56 Å². The maximum atomic E-state index is 13.7. The lowest BCUT2D eigenvalue weighted by atomic mass is 10.1. The number of aryl methyl sites for hydroxylation is 1. The van der Waals surface area contributed by atoms with Gasteiger partial charge in [0, 0.05) is 17.8 Å². The quantitative estimate of drug-likeness (QED) is 0.645. The summed E-state index contributed by atoms with van der Waals surface area (Å²) in [6.07, 6.45) is 1.66. The van der Waals surface area contributed by atoms with E-state index in [0.717, 1.165) is 18.4 Å². The zero-order valence-corrected chi connectivity index (χ0v) is 15.4. The van der Waals surface area contributed by atoms with E-state index in [9.17, 15) is 14.0 Å². The highest BCUT2D eigenvalue weighted by molar-refractivity contribution is 6.05. The highest BCUT2D eigenvalue weighted by Gasteiger charge is 2.14. The van der Waals surface area contributed by atoms with Crippen molar-refractivity contribution in [2.75, 3.05) is 18.4 Å². The van der Waals surface area contributed by atoms with Crippen LogP contribution in [-0.4, -0.2) is 24.9 Å². The van der Waals surface area contributed by atoms with E-state index >= 15 is 0 Å². The number of hydrogen-bond acceptors (Lipinski definition) is 3. The number of rotatable bonds is 7. The molecule has 0 aromatic heterocycles. The Morgan fingerprint density at radius 2 is 1.81 bits per heavy atom. The summed E-state index contributed by atoms with van der Waals surface area (Å²) >= 11 is 0. The Bertz CT molecular complexity index is 768. The maximum Gasteiger partial charge on any atom is 0.258 e. The Morgan fingerprint density at radius 3 is 2.50 bits per heavy atom. The topological polar surface area (TPSA) is 84.2 Å². The third-order valence-electron chi connectivity index (χ3n) is 3.78. The van der Waals surface area contributed by atoms with Crippen LogP contribution in [0, 0.1) is 12.7 Å². The Balaban J connectivity index is 0.00000338. The minimum atomic E-state index is -0.591. The molecule has 0 aliphatic heterocycles. The van der Waals surface area contributed by atoms with Crippen LogP contribution >= 0.6 is 12.4 Å². The van der Waals surface area contributed by atoms with E-state index in [1.807, 2.05) is 0 Å². The molecule has 26 heavy (non-hydrogen) atoms. The van der Waals surface area contributed by atoms with Crippen molar-refractivity contribution in [1.82, 2.24) is 5.32 Å². The van der Waals surface area contributed by atoms with Crippen molar-refractivity contribution < 1.29 is 14.0 Å². The molecule has 0 bridgehead atoms. The van der Waals surface area contributed by atoms with Crippen molar-refractivity contribution in [2.45, 2.75) is 19.8 Å². The van der Waals surface area contributed by atoms with Crippen LogP contribution in [0.15, 0.2) is 42.5 Å². The first kappa shape index (κ1) is 21.6. The van der Waals surface area contributed by atoms with Gasteiger partial charge in [0.2, 0.25) is 0 Å². The lowest BCUT2D eigenvalue weighted by molar-refractivity contribution is 0.0951. The van der Waals surface area contributed by atoms with Crippen molar-refractivity contribution in [3.63, 3.8) is 0 Å². The zero-order chi connectivity index (χ0) is 18.2. The normalized spacial score (nSPS) is 9.96. The van der Waals surface area contributed by atoms with Gasteiger partial charge < -0.3 is 16.4 Å². The Morgan fingerprint density at radius 1 is 1.08 bits per heavy atom. The fraction of sp³-hybridized carbons (Fsp3) is 0.263. The molecule has 0 heterocycles. The van der Waals surface area contributed by atoms with Crippen LogP contribution in [0.2, 0.25) is 0 Å². The maximum absolute atomic E-state index is 13.7. The standard InChI is InChI=1S/C19H22FN3O2.ClH/c1-13-8-9-14(18(24)22-11-5-4-10-21)12-17(13)23-19(25)15-6-2-3-7-16(15)20;/h2-3,6-9,12H,4-5,10-11,21H2,1H3,(H,22,24)(H,23,25);1H. The second-order valence-electron chi connectivity index (χ2n) is 5.72. The fourth-order valence-corrected chi connectivity index (χ4v) is 2.31. The number of hydrogen-bond donors (Lipinski definition) is 3. The summed E-state index contributed by atoms with van der Waals surface area (Å²) in [6, 6.07) is 10.8. The molecule has 2 rings (SSSR count). The minimum Gasteiger partial charge on any atom is -0.352 e. The van der Waals surface area contributed by atoms with Gasteiger partial charge in [-0.2, -0.15) is 0 Å². The second-order valence-corrected chi connectivity index (χ2v) is 5.72. The molecule has 0 saturated heterocycles. The van der Waals surface area contributed by atoms with Crippen molar-refractivity contribution in [1.29, 1.82) is 0 Å². The monoisotopic (exact) mass is 379 g/mol. The average molecular weight is 380 g/mol. The van der Waals surface area contributed by atoms with Crippen molar-refractivity contribution in [3.05, 3.63) is 65.0 Å². The third-order valence-corrected chi connectivity index (χ3v) is 3.78. The van der Waals surface area contributed by atoms with Crippen molar-refractivity contribution >= 4 is 29.9 Å². The van der Waals surface area contributed by atoms with Gasteiger partial charge in [-0.05, 0) is 56.1 Å². The van der Waals surface area contributed by atoms with Gasteiger partial charge in [0.15, 0.2) is 0 Å². The van der Waals surface area contributed by atoms with E-state index < -0.39 is 11.7 Å². The van der Waals surface area contributed by atoms with E-state index in [4.69, 9.17) is 5.73 Å². The molecule has 0 aliphatic carbocycles.